The van der Waals surface area contributed by atoms with E-state index in [1.807, 2.05) is 24.3 Å². The summed E-state index contributed by atoms with van der Waals surface area (Å²) in [5.41, 5.74) is 2.36. The van der Waals surface area contributed by atoms with Crippen molar-refractivity contribution in [1.82, 2.24) is 14.9 Å². The Morgan fingerprint density at radius 1 is 1.30 bits per heavy atom. The monoisotopic (exact) mass is 409 g/mol. The van der Waals surface area contributed by atoms with Gasteiger partial charge in [0.1, 0.15) is 11.6 Å². The SMILES string of the molecule is COc1cc([N+](=O)[O-])ccc1NC(=O)CN1CCC(c2nc3ccccc3[nH]2)CC1. The Morgan fingerprint density at radius 3 is 2.77 bits per heavy atom. The fourth-order valence-electron chi connectivity index (χ4n) is 3.82. The van der Waals surface area contributed by atoms with E-state index in [0.29, 0.717) is 11.6 Å². The van der Waals surface area contributed by atoms with Crippen molar-refractivity contribution < 1.29 is 14.5 Å². The predicted octanol–water partition coefficient (Wildman–Crippen LogP) is 3.30. The topological polar surface area (TPSA) is 113 Å². The van der Waals surface area contributed by atoms with E-state index in [9.17, 15) is 14.9 Å². The number of methoxy groups -OCH3 is 1. The van der Waals surface area contributed by atoms with Crippen LogP contribution in [-0.2, 0) is 4.79 Å². The Kier molecular flexibility index (Phi) is 5.62. The summed E-state index contributed by atoms with van der Waals surface area (Å²) in [4.78, 5) is 33.1. The lowest BCUT2D eigenvalue weighted by Crippen LogP contribution is -2.38. The summed E-state index contributed by atoms with van der Waals surface area (Å²) >= 11 is 0. The lowest BCUT2D eigenvalue weighted by molar-refractivity contribution is -0.384. The number of nitro benzene ring substituents is 1. The summed E-state index contributed by atoms with van der Waals surface area (Å²) in [5.74, 6) is 1.45. The van der Waals surface area contributed by atoms with Crippen molar-refractivity contribution in [2.75, 3.05) is 32.1 Å². The molecule has 0 aliphatic carbocycles. The predicted molar refractivity (Wildman–Crippen MR) is 113 cm³/mol. The second kappa shape index (κ2) is 8.50. The van der Waals surface area contributed by atoms with Gasteiger partial charge in [0.05, 0.1) is 41.4 Å². The third kappa shape index (κ3) is 4.25. The van der Waals surface area contributed by atoms with Crippen LogP contribution in [-0.4, -0.2) is 52.4 Å². The Hall–Kier alpha value is -3.46. The number of non-ortho nitro benzene ring substituents is 1. The van der Waals surface area contributed by atoms with E-state index in [2.05, 4.69) is 15.2 Å². The number of nitrogens with zero attached hydrogens (tertiary/aromatic N) is 3. The standard InChI is InChI=1S/C21H23N5O4/c1-30-19-12-15(26(28)29)6-7-18(19)22-20(27)13-25-10-8-14(9-11-25)21-23-16-4-2-3-5-17(16)24-21/h2-7,12,14H,8-11,13H2,1H3,(H,22,27)(H,23,24). The van der Waals surface area contributed by atoms with Crippen LogP contribution in [0.2, 0.25) is 0 Å². The number of nitro groups is 1. The van der Waals surface area contributed by atoms with Gasteiger partial charge in [0.15, 0.2) is 0 Å². The van der Waals surface area contributed by atoms with Gasteiger partial charge in [-0.3, -0.25) is 19.8 Å². The molecule has 4 rings (SSSR count). The summed E-state index contributed by atoms with van der Waals surface area (Å²) < 4.78 is 5.17. The molecule has 1 amide bonds. The maximum absolute atomic E-state index is 12.5. The highest BCUT2D eigenvalue weighted by Gasteiger charge is 2.24. The lowest BCUT2D eigenvalue weighted by atomic mass is 9.96. The highest BCUT2D eigenvalue weighted by Crippen LogP contribution is 2.30. The van der Waals surface area contributed by atoms with Crippen molar-refractivity contribution in [1.29, 1.82) is 0 Å². The normalized spacial score (nSPS) is 15.2. The number of amides is 1. The molecule has 0 unspecified atom stereocenters. The number of hydrogen-bond acceptors (Lipinski definition) is 6. The molecule has 1 aliphatic heterocycles. The van der Waals surface area contributed by atoms with E-state index in [1.165, 1.54) is 25.3 Å². The number of likely N-dealkylation sites (tertiary alicyclic amines) is 1. The summed E-state index contributed by atoms with van der Waals surface area (Å²) in [6, 6.07) is 12.1. The van der Waals surface area contributed by atoms with Gasteiger partial charge in [-0.15, -0.1) is 0 Å². The number of hydrogen-bond donors (Lipinski definition) is 2. The first-order valence-electron chi connectivity index (χ1n) is 9.83. The number of para-hydroxylation sites is 2. The smallest absolute Gasteiger partial charge is 0.273 e. The van der Waals surface area contributed by atoms with Crippen LogP contribution in [0.25, 0.3) is 11.0 Å². The summed E-state index contributed by atoms with van der Waals surface area (Å²) in [6.07, 6.45) is 1.85. The molecule has 2 aromatic carbocycles. The molecule has 1 aliphatic rings. The zero-order valence-electron chi connectivity index (χ0n) is 16.6. The number of carbonyl (C=O) groups is 1. The summed E-state index contributed by atoms with van der Waals surface area (Å²) in [7, 11) is 1.41. The van der Waals surface area contributed by atoms with Crippen LogP contribution in [0, 0.1) is 10.1 Å². The highest BCUT2D eigenvalue weighted by molar-refractivity contribution is 5.94. The van der Waals surface area contributed by atoms with Crippen molar-refractivity contribution in [2.45, 2.75) is 18.8 Å². The van der Waals surface area contributed by atoms with Crippen molar-refractivity contribution in [3.63, 3.8) is 0 Å². The van der Waals surface area contributed by atoms with E-state index in [0.717, 1.165) is 42.8 Å². The average molecular weight is 409 g/mol. The molecular weight excluding hydrogens is 386 g/mol. The Morgan fingerprint density at radius 2 is 2.07 bits per heavy atom. The third-order valence-corrected chi connectivity index (χ3v) is 5.42. The number of benzene rings is 2. The zero-order valence-corrected chi connectivity index (χ0v) is 16.6. The Bertz CT molecular complexity index is 1040. The summed E-state index contributed by atoms with van der Waals surface area (Å²) in [5, 5.41) is 13.7. The first-order valence-corrected chi connectivity index (χ1v) is 9.83. The number of aromatic amines is 1. The molecule has 0 saturated carbocycles. The fraction of sp³-hybridized carbons (Fsp3) is 0.333. The Balaban J connectivity index is 1.32. The number of rotatable bonds is 6. The first-order chi connectivity index (χ1) is 14.5. The third-order valence-electron chi connectivity index (χ3n) is 5.42. The minimum atomic E-state index is -0.500. The quantitative estimate of drug-likeness (QED) is 0.477. The zero-order chi connectivity index (χ0) is 21.1. The van der Waals surface area contributed by atoms with Gasteiger partial charge in [0.25, 0.3) is 5.69 Å². The average Bonchev–Trinajstić information content (AvgIpc) is 3.18. The number of aromatic nitrogens is 2. The van der Waals surface area contributed by atoms with E-state index < -0.39 is 4.92 Å². The van der Waals surface area contributed by atoms with Gasteiger partial charge in [0, 0.05) is 12.0 Å². The number of imidazole rings is 1. The lowest BCUT2D eigenvalue weighted by Gasteiger charge is -2.30. The van der Waals surface area contributed by atoms with Crippen LogP contribution in [0.5, 0.6) is 5.75 Å². The summed E-state index contributed by atoms with van der Waals surface area (Å²) in [6.45, 7) is 1.85. The first kappa shape index (κ1) is 19.8. The fourth-order valence-corrected chi connectivity index (χ4v) is 3.82. The number of nitrogens with one attached hydrogen (secondary N) is 2. The van der Waals surface area contributed by atoms with E-state index in [1.54, 1.807) is 0 Å². The molecule has 1 saturated heterocycles. The number of ether oxygens (including phenoxy) is 1. The molecule has 1 aromatic heterocycles. The van der Waals surface area contributed by atoms with Crippen molar-refractivity contribution in [3.8, 4) is 5.75 Å². The van der Waals surface area contributed by atoms with Crippen LogP contribution < -0.4 is 10.1 Å². The molecule has 156 valence electrons. The van der Waals surface area contributed by atoms with Crippen LogP contribution >= 0.6 is 0 Å². The van der Waals surface area contributed by atoms with Gasteiger partial charge in [-0.2, -0.15) is 0 Å². The van der Waals surface area contributed by atoms with E-state index >= 15 is 0 Å². The van der Waals surface area contributed by atoms with Crippen molar-refractivity contribution >= 4 is 28.3 Å². The van der Waals surface area contributed by atoms with Gasteiger partial charge in [-0.05, 0) is 44.1 Å². The molecule has 0 radical (unpaired) electrons. The van der Waals surface area contributed by atoms with Gasteiger partial charge >= 0.3 is 0 Å². The maximum atomic E-state index is 12.5. The molecule has 2 N–H and O–H groups in total. The molecule has 0 spiro atoms. The minimum Gasteiger partial charge on any atom is -0.494 e. The molecule has 0 atom stereocenters. The van der Waals surface area contributed by atoms with E-state index in [4.69, 9.17) is 9.72 Å². The maximum Gasteiger partial charge on any atom is 0.273 e. The van der Waals surface area contributed by atoms with Gasteiger partial charge < -0.3 is 15.0 Å². The molecule has 9 heteroatoms. The van der Waals surface area contributed by atoms with Crippen LogP contribution in [0.3, 0.4) is 0 Å². The van der Waals surface area contributed by atoms with Gasteiger partial charge in [0.2, 0.25) is 5.91 Å². The number of piperidine rings is 1. The molecule has 9 nitrogen and oxygen atoms in total. The van der Waals surface area contributed by atoms with Crippen molar-refractivity contribution in [3.05, 3.63) is 58.4 Å². The van der Waals surface area contributed by atoms with Crippen LogP contribution in [0.15, 0.2) is 42.5 Å². The molecule has 2 heterocycles. The van der Waals surface area contributed by atoms with Gasteiger partial charge in [-0.1, -0.05) is 12.1 Å². The second-order valence-corrected chi connectivity index (χ2v) is 7.38. The number of carbonyl (C=O) groups excluding carboxylic acids is 1. The molecular formula is C21H23N5O4. The molecule has 3 aromatic rings. The minimum absolute atomic E-state index is 0.0856. The van der Waals surface area contributed by atoms with E-state index in [-0.39, 0.29) is 23.9 Å². The Labute approximate surface area is 173 Å². The highest BCUT2D eigenvalue weighted by atomic mass is 16.6. The van der Waals surface area contributed by atoms with Crippen LogP contribution in [0.1, 0.15) is 24.6 Å². The van der Waals surface area contributed by atoms with Gasteiger partial charge in [-0.25, -0.2) is 4.98 Å². The number of H-pyrrole nitrogens is 1. The molecule has 1 fully saturated rings. The van der Waals surface area contributed by atoms with Crippen LogP contribution in [0.4, 0.5) is 11.4 Å². The second-order valence-electron chi connectivity index (χ2n) is 7.38. The molecule has 30 heavy (non-hydrogen) atoms. The number of anilines is 1. The van der Waals surface area contributed by atoms with Crippen molar-refractivity contribution in [2.24, 2.45) is 0 Å². The number of fused-ring (bicyclic) bond motifs is 1. The largest absolute Gasteiger partial charge is 0.494 e. The molecule has 0 bridgehead atoms.